The third-order valence-corrected chi connectivity index (χ3v) is 4.76. The van der Waals surface area contributed by atoms with E-state index in [0.29, 0.717) is 11.6 Å². The number of hydrogen-bond donors (Lipinski definition) is 2. The van der Waals surface area contributed by atoms with Crippen molar-refractivity contribution >= 4 is 34.5 Å². The van der Waals surface area contributed by atoms with Gasteiger partial charge in [0.1, 0.15) is 5.76 Å². The van der Waals surface area contributed by atoms with E-state index in [1.165, 1.54) is 11.8 Å². The van der Waals surface area contributed by atoms with Gasteiger partial charge in [-0.15, -0.1) is 0 Å². The third-order valence-electron chi connectivity index (χ3n) is 3.61. The van der Waals surface area contributed by atoms with Gasteiger partial charge in [-0.05, 0) is 25.5 Å². The number of nitrogens with zero attached hydrogens (tertiary/aromatic N) is 2. The molecule has 0 fully saturated rings. The van der Waals surface area contributed by atoms with E-state index in [1.807, 2.05) is 24.3 Å². The van der Waals surface area contributed by atoms with Crippen molar-refractivity contribution in [3.8, 4) is 0 Å². The Balaban J connectivity index is 1.73. The summed E-state index contributed by atoms with van der Waals surface area (Å²) in [5, 5.41) is 7.16. The van der Waals surface area contributed by atoms with Crippen molar-refractivity contribution in [1.29, 1.82) is 0 Å². The lowest BCUT2D eigenvalue weighted by atomic mass is 10.2. The number of H-pyrrole nitrogens is 1. The number of carbonyl (C=O) groups is 1. The maximum absolute atomic E-state index is 12.6. The van der Waals surface area contributed by atoms with E-state index in [4.69, 9.17) is 4.52 Å². The number of anilines is 1. The van der Waals surface area contributed by atoms with Crippen LogP contribution in [0.3, 0.4) is 0 Å². The lowest BCUT2D eigenvalue weighted by molar-refractivity contribution is -0.115. The normalized spacial score (nSPS) is 12.4. The van der Waals surface area contributed by atoms with Gasteiger partial charge in [-0.1, -0.05) is 48.8 Å². The summed E-state index contributed by atoms with van der Waals surface area (Å²) in [6, 6.07) is 9.55. The van der Waals surface area contributed by atoms with E-state index in [1.54, 1.807) is 13.0 Å². The summed E-state index contributed by atoms with van der Waals surface area (Å²) in [7, 11) is 0. The molecule has 1 atom stereocenters. The van der Waals surface area contributed by atoms with E-state index < -0.39 is 0 Å². The number of fused-ring (bicyclic) bond motifs is 1. The first kappa shape index (κ1) is 16.6. The Hall–Kier alpha value is -2.28. The van der Waals surface area contributed by atoms with Gasteiger partial charge in [0.25, 0.3) is 0 Å². The van der Waals surface area contributed by atoms with Crippen LogP contribution in [0, 0.1) is 6.92 Å². The molecule has 3 aromatic rings. The molecule has 7 heteroatoms. The van der Waals surface area contributed by atoms with Crippen LogP contribution in [0.15, 0.2) is 40.0 Å². The number of thioether (sulfide) groups is 1. The molecule has 1 aromatic carbocycles. The molecule has 0 saturated heterocycles. The number of aromatic amines is 1. The van der Waals surface area contributed by atoms with E-state index in [9.17, 15) is 4.79 Å². The number of aromatic nitrogens is 3. The van der Waals surface area contributed by atoms with E-state index >= 15 is 0 Å². The summed E-state index contributed by atoms with van der Waals surface area (Å²) < 4.78 is 4.99. The molecular formula is C17H20N4O2S. The summed E-state index contributed by atoms with van der Waals surface area (Å²) in [6.45, 7) is 3.90. The number of aryl methyl sites for hydroxylation is 1. The van der Waals surface area contributed by atoms with Crippen molar-refractivity contribution in [2.75, 3.05) is 5.32 Å². The predicted molar refractivity (Wildman–Crippen MR) is 95.1 cm³/mol. The lowest BCUT2D eigenvalue weighted by Gasteiger charge is -2.13. The molecule has 24 heavy (non-hydrogen) atoms. The van der Waals surface area contributed by atoms with Gasteiger partial charge in [0.2, 0.25) is 5.91 Å². The van der Waals surface area contributed by atoms with Gasteiger partial charge in [-0.25, -0.2) is 4.98 Å². The average molecular weight is 344 g/mol. The van der Waals surface area contributed by atoms with Crippen LogP contribution in [0.4, 0.5) is 5.82 Å². The minimum atomic E-state index is -0.234. The molecule has 1 unspecified atom stereocenters. The number of hydrogen-bond acceptors (Lipinski definition) is 5. The number of para-hydroxylation sites is 2. The summed E-state index contributed by atoms with van der Waals surface area (Å²) in [6.07, 6.45) is 2.79. The number of carbonyl (C=O) groups excluding carboxylic acids is 1. The fourth-order valence-corrected chi connectivity index (χ4v) is 3.42. The number of unbranched alkanes of at least 4 members (excludes halogenated alkanes) is 1. The van der Waals surface area contributed by atoms with Crippen molar-refractivity contribution in [1.82, 2.24) is 15.1 Å². The van der Waals surface area contributed by atoms with E-state index in [2.05, 4.69) is 27.4 Å². The monoisotopic (exact) mass is 344 g/mol. The van der Waals surface area contributed by atoms with Crippen molar-refractivity contribution in [2.45, 2.75) is 43.5 Å². The number of amides is 1. The zero-order chi connectivity index (χ0) is 16.9. The molecule has 0 aliphatic heterocycles. The standard InChI is InChI=1S/C17H20N4O2S/c1-3-4-9-14(16(22)20-15-10-11(2)23-21-15)24-17-18-12-7-5-6-8-13(12)19-17/h5-8,10,14H,3-4,9H2,1-2H3,(H,18,19)(H,20,21,22). The number of benzene rings is 1. The fraction of sp³-hybridized carbons (Fsp3) is 0.353. The largest absolute Gasteiger partial charge is 0.360 e. The molecule has 0 bridgehead atoms. The van der Waals surface area contributed by atoms with Crippen LogP contribution in [0.1, 0.15) is 31.9 Å². The van der Waals surface area contributed by atoms with Gasteiger partial charge >= 0.3 is 0 Å². The molecule has 0 aliphatic rings. The Bertz CT molecular complexity index is 794. The van der Waals surface area contributed by atoms with Crippen LogP contribution in [0.5, 0.6) is 0 Å². The Morgan fingerprint density at radius 2 is 2.25 bits per heavy atom. The molecule has 0 spiro atoms. The Labute approximate surface area is 144 Å². The van der Waals surface area contributed by atoms with Gasteiger partial charge in [0, 0.05) is 6.07 Å². The Morgan fingerprint density at radius 1 is 1.42 bits per heavy atom. The molecular weight excluding hydrogens is 324 g/mol. The minimum absolute atomic E-state index is 0.0813. The fourth-order valence-electron chi connectivity index (χ4n) is 2.39. The summed E-state index contributed by atoms with van der Waals surface area (Å²) in [4.78, 5) is 20.4. The smallest absolute Gasteiger partial charge is 0.239 e. The zero-order valence-electron chi connectivity index (χ0n) is 13.7. The Morgan fingerprint density at radius 3 is 2.96 bits per heavy atom. The van der Waals surface area contributed by atoms with Crippen molar-refractivity contribution in [3.05, 3.63) is 36.1 Å². The number of rotatable bonds is 7. The van der Waals surface area contributed by atoms with Crippen molar-refractivity contribution in [2.24, 2.45) is 0 Å². The molecule has 2 aromatic heterocycles. The molecule has 2 N–H and O–H groups in total. The highest BCUT2D eigenvalue weighted by atomic mass is 32.2. The molecule has 0 radical (unpaired) electrons. The molecule has 0 saturated carbocycles. The molecule has 1 amide bonds. The van der Waals surface area contributed by atoms with Crippen molar-refractivity contribution < 1.29 is 9.32 Å². The highest BCUT2D eigenvalue weighted by Crippen LogP contribution is 2.27. The van der Waals surface area contributed by atoms with Gasteiger partial charge < -0.3 is 14.8 Å². The summed E-state index contributed by atoms with van der Waals surface area (Å²) >= 11 is 1.45. The maximum Gasteiger partial charge on any atom is 0.239 e. The molecule has 3 rings (SSSR count). The molecule has 6 nitrogen and oxygen atoms in total. The zero-order valence-corrected chi connectivity index (χ0v) is 14.5. The third kappa shape index (κ3) is 3.97. The first-order chi connectivity index (χ1) is 11.7. The van der Waals surface area contributed by atoms with Crippen LogP contribution >= 0.6 is 11.8 Å². The summed E-state index contributed by atoms with van der Waals surface area (Å²) in [5.41, 5.74) is 1.88. The number of nitrogens with one attached hydrogen (secondary N) is 2. The quantitative estimate of drug-likeness (QED) is 0.629. The molecule has 2 heterocycles. The number of imidazole rings is 1. The molecule has 0 aliphatic carbocycles. The second-order valence-electron chi connectivity index (χ2n) is 5.62. The molecule has 126 valence electrons. The second kappa shape index (κ2) is 7.53. The van der Waals surface area contributed by atoms with E-state index in [0.717, 1.165) is 35.5 Å². The first-order valence-electron chi connectivity index (χ1n) is 8.01. The van der Waals surface area contributed by atoms with Crippen LogP contribution in [-0.4, -0.2) is 26.3 Å². The van der Waals surface area contributed by atoms with Gasteiger partial charge in [-0.2, -0.15) is 0 Å². The van der Waals surface area contributed by atoms with Gasteiger partial charge in [-0.3, -0.25) is 4.79 Å². The highest BCUT2D eigenvalue weighted by Gasteiger charge is 2.22. The van der Waals surface area contributed by atoms with Crippen LogP contribution in [0.2, 0.25) is 0 Å². The first-order valence-corrected chi connectivity index (χ1v) is 8.89. The Kier molecular flexibility index (Phi) is 5.20. The predicted octanol–water partition coefficient (Wildman–Crippen LogP) is 4.15. The highest BCUT2D eigenvalue weighted by molar-refractivity contribution is 8.00. The van der Waals surface area contributed by atoms with Gasteiger partial charge in [0.15, 0.2) is 11.0 Å². The van der Waals surface area contributed by atoms with Crippen LogP contribution in [-0.2, 0) is 4.79 Å². The SMILES string of the molecule is CCCCC(Sc1nc2ccccc2[nH]1)C(=O)Nc1cc(C)on1. The van der Waals surface area contributed by atoms with Crippen LogP contribution < -0.4 is 5.32 Å². The van der Waals surface area contributed by atoms with E-state index in [-0.39, 0.29) is 11.2 Å². The van der Waals surface area contributed by atoms with Crippen LogP contribution in [0.25, 0.3) is 11.0 Å². The second-order valence-corrected chi connectivity index (χ2v) is 6.81. The minimum Gasteiger partial charge on any atom is -0.360 e. The topological polar surface area (TPSA) is 83.8 Å². The van der Waals surface area contributed by atoms with Crippen molar-refractivity contribution in [3.63, 3.8) is 0 Å². The lowest BCUT2D eigenvalue weighted by Crippen LogP contribution is -2.25. The maximum atomic E-state index is 12.6. The van der Waals surface area contributed by atoms with Gasteiger partial charge in [0.05, 0.1) is 16.3 Å². The summed E-state index contributed by atoms with van der Waals surface area (Å²) in [5.74, 6) is 1.03. The average Bonchev–Trinajstić information content (AvgIpc) is 3.16.